The maximum Gasteiger partial charge on any atom is 0.226 e. The van der Waals surface area contributed by atoms with Gasteiger partial charge in [0.1, 0.15) is 0 Å². The van der Waals surface area contributed by atoms with Crippen molar-refractivity contribution in [2.24, 2.45) is 0 Å². The van der Waals surface area contributed by atoms with Gasteiger partial charge in [0.05, 0.1) is 18.1 Å². The van der Waals surface area contributed by atoms with Gasteiger partial charge < -0.3 is 14.8 Å². The first-order valence-corrected chi connectivity index (χ1v) is 10.3. The molecular formula is C19H22N4O3S2. The second kappa shape index (κ2) is 9.52. The summed E-state index contributed by atoms with van der Waals surface area (Å²) >= 11 is 6.88. The Labute approximate surface area is 172 Å². The van der Waals surface area contributed by atoms with Gasteiger partial charge in [-0.2, -0.15) is 5.10 Å². The Hall–Kier alpha value is -2.65. The number of carbonyl (C=O) groups is 1. The molecule has 28 heavy (non-hydrogen) atoms. The second-order valence-electron chi connectivity index (χ2n) is 5.81. The number of hydrogen-bond donors (Lipinski definition) is 2. The predicted molar refractivity (Wildman–Crippen MR) is 113 cm³/mol. The lowest BCUT2D eigenvalue weighted by molar-refractivity contribution is -0.116. The minimum Gasteiger partial charge on any atom is -0.490 e. The minimum absolute atomic E-state index is 0.119. The van der Waals surface area contributed by atoms with Crippen molar-refractivity contribution in [2.45, 2.75) is 26.8 Å². The van der Waals surface area contributed by atoms with Gasteiger partial charge in [-0.25, -0.2) is 0 Å². The third-order valence-corrected chi connectivity index (χ3v) is 5.07. The maximum absolute atomic E-state index is 12.4. The lowest BCUT2D eigenvalue weighted by Gasteiger charge is -2.13. The van der Waals surface area contributed by atoms with E-state index in [2.05, 4.69) is 15.5 Å². The van der Waals surface area contributed by atoms with Crippen LogP contribution in [-0.2, 0) is 11.3 Å². The lowest BCUT2D eigenvalue weighted by atomic mass is 10.2. The number of ether oxygens (including phenoxy) is 2. The topological polar surface area (TPSA) is 81.2 Å². The second-order valence-corrected chi connectivity index (χ2v) is 7.14. The molecule has 0 bridgehead atoms. The van der Waals surface area contributed by atoms with Gasteiger partial charge in [-0.1, -0.05) is 6.07 Å². The van der Waals surface area contributed by atoms with Crippen molar-refractivity contribution in [3.05, 3.63) is 40.5 Å². The minimum atomic E-state index is -0.119. The monoisotopic (exact) mass is 418 g/mol. The molecule has 0 fully saturated rings. The van der Waals surface area contributed by atoms with Crippen LogP contribution in [0.5, 0.6) is 11.5 Å². The molecule has 0 aliphatic carbocycles. The highest BCUT2D eigenvalue weighted by atomic mass is 32.1. The molecule has 2 heterocycles. The predicted octanol–water partition coefficient (Wildman–Crippen LogP) is 4.50. The Morgan fingerprint density at radius 1 is 1.25 bits per heavy atom. The van der Waals surface area contributed by atoms with E-state index >= 15 is 0 Å². The highest BCUT2D eigenvalue weighted by Gasteiger charge is 2.12. The number of H-pyrrole nitrogens is 1. The van der Waals surface area contributed by atoms with Gasteiger partial charge in [-0.05, 0) is 49.6 Å². The summed E-state index contributed by atoms with van der Waals surface area (Å²) in [6.07, 6.45) is 0.267. The molecule has 0 aliphatic rings. The van der Waals surface area contributed by atoms with Crippen LogP contribution in [0.4, 0.5) is 5.69 Å². The molecule has 0 saturated heterocycles. The molecule has 1 amide bonds. The van der Waals surface area contributed by atoms with Gasteiger partial charge in [0, 0.05) is 24.7 Å². The van der Waals surface area contributed by atoms with E-state index < -0.39 is 0 Å². The highest BCUT2D eigenvalue weighted by Crippen LogP contribution is 2.30. The summed E-state index contributed by atoms with van der Waals surface area (Å²) in [4.78, 5) is 13.4. The molecule has 0 radical (unpaired) electrons. The first kappa shape index (κ1) is 20.1. The number of carbonyl (C=O) groups excluding carboxylic acids is 1. The van der Waals surface area contributed by atoms with Crippen LogP contribution < -0.4 is 14.8 Å². The third-order valence-electron chi connectivity index (χ3n) is 3.89. The van der Waals surface area contributed by atoms with Crippen molar-refractivity contribution in [1.82, 2.24) is 14.8 Å². The molecule has 3 rings (SSSR count). The van der Waals surface area contributed by atoms with E-state index in [1.54, 1.807) is 29.5 Å². The molecule has 0 unspecified atom stereocenters. The standard InChI is InChI=1S/C19H22N4O3S2/c1-3-25-14-8-7-13(12-15(14)26-4-2)20-17(24)9-10-23-18(21-22-19(23)27)16-6-5-11-28-16/h5-8,11-12H,3-4,9-10H2,1-2H3,(H,20,24)(H,22,27). The molecule has 3 aromatic rings. The van der Waals surface area contributed by atoms with Crippen LogP contribution in [0.2, 0.25) is 0 Å². The van der Waals surface area contributed by atoms with Crippen LogP contribution in [-0.4, -0.2) is 33.9 Å². The van der Waals surface area contributed by atoms with Crippen LogP contribution in [0, 0.1) is 4.77 Å². The van der Waals surface area contributed by atoms with Gasteiger partial charge in [0.2, 0.25) is 5.91 Å². The smallest absolute Gasteiger partial charge is 0.226 e. The summed E-state index contributed by atoms with van der Waals surface area (Å²) in [5.41, 5.74) is 0.658. The lowest BCUT2D eigenvalue weighted by Crippen LogP contribution is -2.15. The Morgan fingerprint density at radius 3 is 2.75 bits per heavy atom. The molecule has 7 nitrogen and oxygen atoms in total. The Kier molecular flexibility index (Phi) is 6.83. The SMILES string of the molecule is CCOc1ccc(NC(=O)CCn2c(-c3cccs3)n[nH]c2=S)cc1OCC. The van der Waals surface area contributed by atoms with Gasteiger partial charge in [0.15, 0.2) is 22.1 Å². The normalized spacial score (nSPS) is 10.6. The van der Waals surface area contributed by atoms with Crippen molar-refractivity contribution in [2.75, 3.05) is 18.5 Å². The quantitative estimate of drug-likeness (QED) is 0.500. The number of thiophene rings is 1. The fourth-order valence-electron chi connectivity index (χ4n) is 2.68. The van der Waals surface area contributed by atoms with Crippen molar-refractivity contribution in [3.63, 3.8) is 0 Å². The zero-order valence-electron chi connectivity index (χ0n) is 15.7. The van der Waals surface area contributed by atoms with E-state index in [-0.39, 0.29) is 12.3 Å². The molecule has 148 valence electrons. The fraction of sp³-hybridized carbons (Fsp3) is 0.316. The zero-order chi connectivity index (χ0) is 19.9. The van der Waals surface area contributed by atoms with Gasteiger partial charge in [-0.3, -0.25) is 14.5 Å². The average Bonchev–Trinajstić information content (AvgIpc) is 3.32. The number of aromatic nitrogens is 3. The number of amides is 1. The number of rotatable bonds is 9. The molecule has 9 heteroatoms. The van der Waals surface area contributed by atoms with Crippen molar-refractivity contribution < 1.29 is 14.3 Å². The summed E-state index contributed by atoms with van der Waals surface area (Å²) in [5, 5.41) is 11.9. The Bertz CT molecular complexity index is 979. The summed E-state index contributed by atoms with van der Waals surface area (Å²) in [5.74, 6) is 1.89. The molecule has 1 aromatic carbocycles. The van der Waals surface area contributed by atoms with E-state index in [4.69, 9.17) is 21.7 Å². The molecule has 0 saturated carbocycles. The zero-order valence-corrected chi connectivity index (χ0v) is 17.4. The molecule has 2 aromatic heterocycles. The molecule has 0 atom stereocenters. The van der Waals surface area contributed by atoms with Gasteiger partial charge in [0.25, 0.3) is 0 Å². The molecule has 0 aliphatic heterocycles. The van der Waals surface area contributed by atoms with Crippen LogP contribution in [0.3, 0.4) is 0 Å². The number of anilines is 1. The van der Waals surface area contributed by atoms with Crippen LogP contribution in [0.1, 0.15) is 20.3 Å². The number of hydrogen-bond acceptors (Lipinski definition) is 6. The number of nitrogens with one attached hydrogen (secondary N) is 2. The first-order valence-electron chi connectivity index (χ1n) is 9.01. The van der Waals surface area contributed by atoms with E-state index in [0.29, 0.717) is 41.7 Å². The van der Waals surface area contributed by atoms with E-state index in [1.807, 2.05) is 35.9 Å². The Balaban J connectivity index is 1.66. The fourth-order valence-corrected chi connectivity index (χ4v) is 3.63. The molecule has 2 N–H and O–H groups in total. The van der Waals surface area contributed by atoms with Gasteiger partial charge in [-0.15, -0.1) is 11.3 Å². The summed E-state index contributed by atoms with van der Waals surface area (Å²) in [6, 6.07) is 9.29. The largest absolute Gasteiger partial charge is 0.490 e. The number of nitrogens with zero attached hydrogens (tertiary/aromatic N) is 2. The number of benzene rings is 1. The van der Waals surface area contributed by atoms with E-state index in [0.717, 1.165) is 10.7 Å². The third kappa shape index (κ3) is 4.79. The summed E-state index contributed by atoms with van der Waals surface area (Å²) < 4.78 is 13.5. The molecule has 0 spiro atoms. The van der Waals surface area contributed by atoms with Crippen molar-refractivity contribution >= 4 is 35.1 Å². The van der Waals surface area contributed by atoms with Crippen LogP contribution in [0.15, 0.2) is 35.7 Å². The first-order chi connectivity index (χ1) is 13.6. The average molecular weight is 419 g/mol. The van der Waals surface area contributed by atoms with E-state index in [9.17, 15) is 4.79 Å². The summed E-state index contributed by atoms with van der Waals surface area (Å²) in [7, 11) is 0. The van der Waals surface area contributed by atoms with Crippen LogP contribution >= 0.6 is 23.6 Å². The van der Waals surface area contributed by atoms with Crippen molar-refractivity contribution in [3.8, 4) is 22.2 Å². The van der Waals surface area contributed by atoms with Crippen molar-refractivity contribution in [1.29, 1.82) is 0 Å². The van der Waals surface area contributed by atoms with E-state index in [1.165, 1.54) is 0 Å². The number of aromatic amines is 1. The summed E-state index contributed by atoms with van der Waals surface area (Å²) in [6.45, 7) is 5.31. The van der Waals surface area contributed by atoms with Gasteiger partial charge >= 0.3 is 0 Å². The maximum atomic E-state index is 12.4. The Morgan fingerprint density at radius 2 is 2.04 bits per heavy atom. The highest BCUT2D eigenvalue weighted by molar-refractivity contribution is 7.71. The molecular weight excluding hydrogens is 396 g/mol. The van der Waals surface area contributed by atoms with Crippen LogP contribution in [0.25, 0.3) is 10.7 Å².